The summed E-state index contributed by atoms with van der Waals surface area (Å²) in [6.07, 6.45) is 2.98. The molecule has 2 saturated heterocycles. The lowest BCUT2D eigenvalue weighted by molar-refractivity contribution is -0.141. The van der Waals surface area contributed by atoms with Crippen LogP contribution in [0.1, 0.15) is 35.7 Å². The molecule has 2 aromatic rings. The fourth-order valence-corrected chi connectivity index (χ4v) is 4.45. The Bertz CT molecular complexity index is 887. The molecule has 2 aliphatic heterocycles. The predicted molar refractivity (Wildman–Crippen MR) is 117 cm³/mol. The van der Waals surface area contributed by atoms with Crippen LogP contribution in [0.25, 0.3) is 0 Å². The molecule has 0 bridgehead atoms. The van der Waals surface area contributed by atoms with Gasteiger partial charge in [0, 0.05) is 45.6 Å². The van der Waals surface area contributed by atoms with Gasteiger partial charge in [0.05, 0.1) is 17.6 Å². The zero-order valence-electron chi connectivity index (χ0n) is 18.0. The minimum Gasteiger partial charge on any atom is -0.462 e. The minimum absolute atomic E-state index is 0.201. The Balaban J connectivity index is 1.43. The smallest absolute Gasteiger partial charge is 0.339 e. The highest BCUT2D eigenvalue weighted by Gasteiger charge is 2.44. The standard InChI is InChI=1S/C24H29N3O4/c1-2-31-22(28)19-8-9-21(25-18-19)26-12-14-27(15-13-26)23(29)24(10-16-30-17-11-24)20-6-4-3-5-7-20/h3-9,18H,2,10-17H2,1H3. The van der Waals surface area contributed by atoms with Gasteiger partial charge in [-0.1, -0.05) is 30.3 Å². The van der Waals surface area contributed by atoms with Crippen molar-refractivity contribution in [3.05, 3.63) is 59.8 Å². The van der Waals surface area contributed by atoms with Gasteiger partial charge in [0.1, 0.15) is 5.82 Å². The third-order valence-electron chi connectivity index (χ3n) is 6.23. The van der Waals surface area contributed by atoms with E-state index in [1.807, 2.05) is 29.2 Å². The number of benzene rings is 1. The molecule has 0 aliphatic carbocycles. The monoisotopic (exact) mass is 423 g/mol. The number of ether oxygens (including phenoxy) is 2. The second kappa shape index (κ2) is 9.47. The third kappa shape index (κ3) is 4.42. The molecule has 2 fully saturated rings. The summed E-state index contributed by atoms with van der Waals surface area (Å²) >= 11 is 0. The van der Waals surface area contributed by atoms with Crippen LogP contribution in [-0.4, -0.2) is 67.8 Å². The van der Waals surface area contributed by atoms with Gasteiger partial charge < -0.3 is 19.3 Å². The number of hydrogen-bond acceptors (Lipinski definition) is 6. The van der Waals surface area contributed by atoms with Crippen molar-refractivity contribution in [2.75, 3.05) is 50.9 Å². The van der Waals surface area contributed by atoms with Gasteiger partial charge in [-0.3, -0.25) is 4.79 Å². The number of anilines is 1. The number of amides is 1. The lowest BCUT2D eigenvalue weighted by atomic mass is 9.73. The van der Waals surface area contributed by atoms with Crippen molar-refractivity contribution in [3.63, 3.8) is 0 Å². The zero-order chi connectivity index (χ0) is 21.7. The van der Waals surface area contributed by atoms with E-state index >= 15 is 0 Å². The number of carbonyl (C=O) groups excluding carboxylic acids is 2. The summed E-state index contributed by atoms with van der Waals surface area (Å²) in [5.74, 6) is 0.649. The maximum Gasteiger partial charge on any atom is 0.339 e. The highest BCUT2D eigenvalue weighted by Crippen LogP contribution is 2.37. The third-order valence-corrected chi connectivity index (χ3v) is 6.23. The molecule has 0 radical (unpaired) electrons. The Morgan fingerprint density at radius 1 is 1.03 bits per heavy atom. The summed E-state index contributed by atoms with van der Waals surface area (Å²) in [5, 5.41) is 0. The SMILES string of the molecule is CCOC(=O)c1ccc(N2CCN(C(=O)C3(c4ccccc4)CCOCC3)CC2)nc1. The maximum absolute atomic E-state index is 13.7. The number of esters is 1. The number of aromatic nitrogens is 1. The molecule has 0 unspecified atom stereocenters. The first-order valence-corrected chi connectivity index (χ1v) is 10.9. The molecule has 31 heavy (non-hydrogen) atoms. The van der Waals surface area contributed by atoms with E-state index in [2.05, 4.69) is 22.0 Å². The molecule has 0 spiro atoms. The molecule has 0 saturated carbocycles. The Kier molecular flexibility index (Phi) is 6.51. The highest BCUT2D eigenvalue weighted by molar-refractivity contribution is 5.89. The van der Waals surface area contributed by atoms with Crippen LogP contribution in [0.2, 0.25) is 0 Å². The van der Waals surface area contributed by atoms with Gasteiger partial charge >= 0.3 is 5.97 Å². The largest absolute Gasteiger partial charge is 0.462 e. The Labute approximate surface area is 183 Å². The fourth-order valence-electron chi connectivity index (χ4n) is 4.45. The van der Waals surface area contributed by atoms with Gasteiger partial charge in [-0.15, -0.1) is 0 Å². The molecule has 4 rings (SSSR count). The van der Waals surface area contributed by atoms with Crippen molar-refractivity contribution >= 4 is 17.7 Å². The molecular formula is C24H29N3O4. The van der Waals surface area contributed by atoms with Crippen LogP contribution >= 0.6 is 0 Å². The summed E-state index contributed by atoms with van der Waals surface area (Å²) < 4.78 is 10.6. The number of rotatable bonds is 5. The van der Waals surface area contributed by atoms with Crippen LogP contribution in [0.3, 0.4) is 0 Å². The lowest BCUT2D eigenvalue weighted by Crippen LogP contribution is -2.56. The fraction of sp³-hybridized carbons (Fsp3) is 0.458. The summed E-state index contributed by atoms with van der Waals surface area (Å²) in [6.45, 7) is 6.05. The average molecular weight is 424 g/mol. The second-order valence-corrected chi connectivity index (χ2v) is 7.97. The molecule has 164 valence electrons. The van der Waals surface area contributed by atoms with Crippen molar-refractivity contribution in [1.29, 1.82) is 0 Å². The van der Waals surface area contributed by atoms with E-state index in [9.17, 15) is 9.59 Å². The molecule has 1 aromatic carbocycles. The zero-order valence-corrected chi connectivity index (χ0v) is 18.0. The number of piperazine rings is 1. The van der Waals surface area contributed by atoms with Crippen LogP contribution in [0.5, 0.6) is 0 Å². The molecule has 7 nitrogen and oxygen atoms in total. The molecule has 3 heterocycles. The van der Waals surface area contributed by atoms with Gasteiger partial charge in [0.25, 0.3) is 0 Å². The second-order valence-electron chi connectivity index (χ2n) is 7.97. The average Bonchev–Trinajstić information content (AvgIpc) is 2.85. The first-order valence-electron chi connectivity index (χ1n) is 10.9. The summed E-state index contributed by atoms with van der Waals surface area (Å²) in [6, 6.07) is 13.7. The normalized spacial score (nSPS) is 18.5. The molecule has 1 amide bonds. The first kappa shape index (κ1) is 21.3. The molecular weight excluding hydrogens is 394 g/mol. The highest BCUT2D eigenvalue weighted by atomic mass is 16.5. The molecule has 2 aliphatic rings. The molecule has 0 atom stereocenters. The molecule has 7 heteroatoms. The van der Waals surface area contributed by atoms with Crippen molar-refractivity contribution < 1.29 is 19.1 Å². The predicted octanol–water partition coefficient (Wildman–Crippen LogP) is 2.66. The van der Waals surface area contributed by atoms with E-state index in [4.69, 9.17) is 9.47 Å². The number of hydrogen-bond donors (Lipinski definition) is 0. The first-order chi connectivity index (χ1) is 15.1. The quantitative estimate of drug-likeness (QED) is 0.689. The van der Waals surface area contributed by atoms with E-state index in [1.165, 1.54) is 0 Å². The summed E-state index contributed by atoms with van der Waals surface area (Å²) in [4.78, 5) is 34.1. The Morgan fingerprint density at radius 2 is 1.74 bits per heavy atom. The van der Waals surface area contributed by atoms with Gasteiger partial charge in [-0.2, -0.15) is 0 Å². The van der Waals surface area contributed by atoms with E-state index in [-0.39, 0.29) is 11.9 Å². The number of nitrogens with zero attached hydrogens (tertiary/aromatic N) is 3. The van der Waals surface area contributed by atoms with Gasteiger partial charge in [-0.25, -0.2) is 9.78 Å². The van der Waals surface area contributed by atoms with Crippen molar-refractivity contribution in [2.45, 2.75) is 25.2 Å². The summed E-state index contributed by atoms with van der Waals surface area (Å²) in [5.41, 5.74) is 1.03. The van der Waals surface area contributed by atoms with E-state index < -0.39 is 5.41 Å². The van der Waals surface area contributed by atoms with Gasteiger partial charge in [0.2, 0.25) is 5.91 Å². The summed E-state index contributed by atoms with van der Waals surface area (Å²) in [7, 11) is 0. The van der Waals surface area contributed by atoms with Crippen LogP contribution in [-0.2, 0) is 19.7 Å². The minimum atomic E-state index is -0.499. The van der Waals surface area contributed by atoms with Gasteiger partial charge in [0.15, 0.2) is 0 Å². The van der Waals surface area contributed by atoms with Crippen molar-refractivity contribution in [2.24, 2.45) is 0 Å². The maximum atomic E-state index is 13.7. The van der Waals surface area contributed by atoms with Crippen molar-refractivity contribution in [3.8, 4) is 0 Å². The van der Waals surface area contributed by atoms with Crippen LogP contribution < -0.4 is 4.90 Å². The molecule has 1 aromatic heterocycles. The Hall–Kier alpha value is -2.93. The van der Waals surface area contributed by atoms with Crippen LogP contribution in [0, 0.1) is 0 Å². The number of carbonyl (C=O) groups is 2. The van der Waals surface area contributed by atoms with E-state index in [0.29, 0.717) is 64.4 Å². The van der Waals surface area contributed by atoms with Crippen LogP contribution in [0.4, 0.5) is 5.82 Å². The molecule has 0 N–H and O–H groups in total. The van der Waals surface area contributed by atoms with Gasteiger partial charge in [-0.05, 0) is 37.5 Å². The van der Waals surface area contributed by atoms with E-state index in [1.54, 1.807) is 19.2 Å². The van der Waals surface area contributed by atoms with Crippen LogP contribution in [0.15, 0.2) is 48.7 Å². The topological polar surface area (TPSA) is 72.0 Å². The number of pyridine rings is 1. The Morgan fingerprint density at radius 3 is 2.35 bits per heavy atom. The van der Waals surface area contributed by atoms with E-state index in [0.717, 1.165) is 11.4 Å². The van der Waals surface area contributed by atoms with Crippen molar-refractivity contribution in [1.82, 2.24) is 9.88 Å². The lowest BCUT2D eigenvalue weighted by Gasteiger charge is -2.43.